The van der Waals surface area contributed by atoms with Gasteiger partial charge < -0.3 is 15.1 Å². The lowest BCUT2D eigenvalue weighted by Gasteiger charge is -2.16. The van der Waals surface area contributed by atoms with Gasteiger partial charge in [0.05, 0.1) is 6.54 Å². The number of benzene rings is 1. The van der Waals surface area contributed by atoms with E-state index in [9.17, 15) is 4.79 Å². The molecule has 114 valence electrons. The topological polar surface area (TPSA) is 59.5 Å². The maximum absolute atomic E-state index is 12.1. The highest BCUT2D eigenvalue weighted by molar-refractivity contribution is 5.85. The molecule has 0 saturated heterocycles. The second-order valence-corrected chi connectivity index (χ2v) is 4.96. The predicted molar refractivity (Wildman–Crippen MR) is 86.3 cm³/mol. The number of furan rings is 1. The zero-order valence-electron chi connectivity index (χ0n) is 12.3. The van der Waals surface area contributed by atoms with Crippen molar-refractivity contribution in [3.8, 4) is 0 Å². The number of amides is 1. The molecule has 1 aromatic heterocycles. The Morgan fingerprint density at radius 1 is 1.24 bits per heavy atom. The molecular formula is C16H21ClN2O2. The Morgan fingerprint density at radius 2 is 1.95 bits per heavy atom. The molecule has 0 atom stereocenters. The summed E-state index contributed by atoms with van der Waals surface area (Å²) in [5.41, 5.74) is 7.63. The Hall–Kier alpha value is -1.94. The zero-order chi connectivity index (χ0) is 14.5. The average molecular weight is 309 g/mol. The van der Waals surface area contributed by atoms with Gasteiger partial charge in [0.2, 0.25) is 5.91 Å². The number of nitrogens with zero attached hydrogens (tertiary/aromatic N) is 1. The van der Waals surface area contributed by atoms with Crippen LogP contribution in [-0.4, -0.2) is 17.9 Å². The van der Waals surface area contributed by atoms with Gasteiger partial charge in [-0.25, -0.2) is 0 Å². The first-order valence-electron chi connectivity index (χ1n) is 6.69. The Balaban J connectivity index is 0.00000220. The smallest absolute Gasteiger partial charge is 0.223 e. The first-order valence-corrected chi connectivity index (χ1v) is 6.69. The van der Waals surface area contributed by atoms with Crippen LogP contribution in [-0.2, 0) is 17.8 Å². The lowest BCUT2D eigenvalue weighted by Crippen LogP contribution is -2.26. The summed E-state index contributed by atoms with van der Waals surface area (Å²) in [6, 6.07) is 11.4. The summed E-state index contributed by atoms with van der Waals surface area (Å²) in [6.07, 6.45) is 1.11. The number of nitrogens with two attached hydrogens (primary N) is 1. The van der Waals surface area contributed by atoms with Crippen LogP contribution in [0.1, 0.15) is 23.5 Å². The Morgan fingerprint density at radius 3 is 2.57 bits per heavy atom. The SMILES string of the molecule is Cc1ccc(CN(C)C(=O)CCc2ccccc2N)o1.Cl. The number of carbonyl (C=O) groups excluding carboxylic acids is 1. The second-order valence-electron chi connectivity index (χ2n) is 4.96. The van der Waals surface area contributed by atoms with Crippen LogP contribution in [0.3, 0.4) is 0 Å². The maximum Gasteiger partial charge on any atom is 0.223 e. The van der Waals surface area contributed by atoms with Crippen molar-refractivity contribution in [2.75, 3.05) is 12.8 Å². The van der Waals surface area contributed by atoms with E-state index in [-0.39, 0.29) is 18.3 Å². The van der Waals surface area contributed by atoms with Crippen molar-refractivity contribution in [2.24, 2.45) is 0 Å². The lowest BCUT2D eigenvalue weighted by atomic mass is 10.1. The molecule has 2 N–H and O–H groups in total. The maximum atomic E-state index is 12.1. The van der Waals surface area contributed by atoms with E-state index in [2.05, 4.69) is 0 Å². The first kappa shape index (κ1) is 17.1. The van der Waals surface area contributed by atoms with Crippen molar-refractivity contribution < 1.29 is 9.21 Å². The summed E-state index contributed by atoms with van der Waals surface area (Å²) < 4.78 is 5.47. The van der Waals surface area contributed by atoms with E-state index in [4.69, 9.17) is 10.2 Å². The molecule has 1 amide bonds. The monoisotopic (exact) mass is 308 g/mol. The summed E-state index contributed by atoms with van der Waals surface area (Å²) in [7, 11) is 1.79. The molecule has 0 bridgehead atoms. The third-order valence-corrected chi connectivity index (χ3v) is 3.28. The number of hydrogen-bond acceptors (Lipinski definition) is 3. The van der Waals surface area contributed by atoms with Crippen LogP contribution in [0.5, 0.6) is 0 Å². The molecule has 0 unspecified atom stereocenters. The summed E-state index contributed by atoms with van der Waals surface area (Å²) in [6.45, 7) is 2.39. The van der Waals surface area contributed by atoms with E-state index < -0.39 is 0 Å². The molecule has 2 aromatic rings. The van der Waals surface area contributed by atoms with Crippen molar-refractivity contribution in [1.82, 2.24) is 4.90 Å². The standard InChI is InChI=1S/C16H20N2O2.ClH/c1-12-7-9-14(20-12)11-18(2)16(19)10-8-13-5-3-4-6-15(13)17;/h3-7,9H,8,10-11,17H2,1-2H3;1H. The van der Waals surface area contributed by atoms with Crippen LogP contribution in [0.4, 0.5) is 5.69 Å². The average Bonchev–Trinajstić information content (AvgIpc) is 2.82. The Labute approximate surface area is 131 Å². The van der Waals surface area contributed by atoms with Gasteiger partial charge in [-0.3, -0.25) is 4.79 Å². The fourth-order valence-corrected chi connectivity index (χ4v) is 2.09. The lowest BCUT2D eigenvalue weighted by molar-refractivity contribution is -0.130. The summed E-state index contributed by atoms with van der Waals surface area (Å²) in [5, 5.41) is 0. The van der Waals surface area contributed by atoms with Gasteiger partial charge in [-0.1, -0.05) is 18.2 Å². The van der Waals surface area contributed by atoms with E-state index in [1.807, 2.05) is 43.3 Å². The van der Waals surface area contributed by atoms with Crippen molar-refractivity contribution in [1.29, 1.82) is 0 Å². The van der Waals surface area contributed by atoms with Crippen LogP contribution in [0.2, 0.25) is 0 Å². The minimum absolute atomic E-state index is 0. The number of anilines is 1. The molecule has 2 rings (SSSR count). The molecule has 21 heavy (non-hydrogen) atoms. The van der Waals surface area contributed by atoms with Gasteiger partial charge in [-0.05, 0) is 37.1 Å². The van der Waals surface area contributed by atoms with Crippen molar-refractivity contribution in [3.05, 3.63) is 53.5 Å². The van der Waals surface area contributed by atoms with Gasteiger partial charge in [-0.2, -0.15) is 0 Å². The number of aryl methyl sites for hydroxylation is 2. The molecule has 0 saturated carbocycles. The number of para-hydroxylation sites is 1. The van der Waals surface area contributed by atoms with Crippen LogP contribution >= 0.6 is 12.4 Å². The quantitative estimate of drug-likeness (QED) is 0.863. The van der Waals surface area contributed by atoms with Crippen molar-refractivity contribution in [3.63, 3.8) is 0 Å². The second kappa shape index (κ2) is 7.74. The third-order valence-electron chi connectivity index (χ3n) is 3.28. The molecule has 1 heterocycles. The van der Waals surface area contributed by atoms with Crippen molar-refractivity contribution in [2.45, 2.75) is 26.3 Å². The summed E-state index contributed by atoms with van der Waals surface area (Å²) in [5.74, 6) is 1.75. The van der Waals surface area contributed by atoms with Gasteiger partial charge in [-0.15, -0.1) is 12.4 Å². The van der Waals surface area contributed by atoms with Gasteiger partial charge in [0.1, 0.15) is 11.5 Å². The molecule has 0 fully saturated rings. The molecule has 0 radical (unpaired) electrons. The molecular weight excluding hydrogens is 288 g/mol. The van der Waals surface area contributed by atoms with E-state index in [1.165, 1.54) is 0 Å². The van der Waals surface area contributed by atoms with Gasteiger partial charge >= 0.3 is 0 Å². The first-order chi connectivity index (χ1) is 9.56. The highest BCUT2D eigenvalue weighted by Gasteiger charge is 2.11. The van der Waals surface area contributed by atoms with E-state index >= 15 is 0 Å². The minimum Gasteiger partial charge on any atom is -0.464 e. The van der Waals surface area contributed by atoms with Crippen LogP contribution in [0.25, 0.3) is 0 Å². The Kier molecular flexibility index (Phi) is 6.31. The fourth-order valence-electron chi connectivity index (χ4n) is 2.09. The van der Waals surface area contributed by atoms with Crippen LogP contribution < -0.4 is 5.73 Å². The van der Waals surface area contributed by atoms with E-state index in [1.54, 1.807) is 11.9 Å². The van der Waals surface area contributed by atoms with Crippen LogP contribution in [0, 0.1) is 6.92 Å². The van der Waals surface area contributed by atoms with E-state index in [0.29, 0.717) is 19.4 Å². The van der Waals surface area contributed by atoms with Crippen LogP contribution in [0.15, 0.2) is 40.8 Å². The highest BCUT2D eigenvalue weighted by atomic mass is 35.5. The van der Waals surface area contributed by atoms with Crippen molar-refractivity contribution >= 4 is 24.0 Å². The van der Waals surface area contributed by atoms with Gasteiger partial charge in [0.15, 0.2) is 0 Å². The zero-order valence-corrected chi connectivity index (χ0v) is 13.2. The molecule has 1 aromatic carbocycles. The number of halogens is 1. The molecule has 0 aliphatic carbocycles. The largest absolute Gasteiger partial charge is 0.464 e. The van der Waals surface area contributed by atoms with Gasteiger partial charge in [0.25, 0.3) is 0 Å². The highest BCUT2D eigenvalue weighted by Crippen LogP contribution is 2.14. The molecule has 0 aliphatic rings. The third kappa shape index (κ3) is 4.83. The molecule has 4 nitrogen and oxygen atoms in total. The number of rotatable bonds is 5. The minimum atomic E-state index is 0. The van der Waals surface area contributed by atoms with Gasteiger partial charge in [0, 0.05) is 19.2 Å². The normalized spacial score (nSPS) is 10.0. The summed E-state index contributed by atoms with van der Waals surface area (Å²) >= 11 is 0. The number of carbonyl (C=O) groups is 1. The Bertz CT molecular complexity index is 595. The molecule has 0 aliphatic heterocycles. The number of nitrogen functional groups attached to an aromatic ring is 1. The fraction of sp³-hybridized carbons (Fsp3) is 0.312. The molecule has 0 spiro atoms. The summed E-state index contributed by atoms with van der Waals surface area (Å²) in [4.78, 5) is 13.8. The van der Waals surface area contributed by atoms with E-state index in [0.717, 1.165) is 22.8 Å². The molecule has 5 heteroatoms. The number of hydrogen-bond donors (Lipinski definition) is 1. The predicted octanol–water partition coefficient (Wildman–Crippen LogP) is 3.18.